The average molecular weight is 377 g/mol. The van der Waals surface area contributed by atoms with Crippen molar-refractivity contribution in [3.05, 3.63) is 35.9 Å². The Balaban J connectivity index is 1.95. The van der Waals surface area contributed by atoms with Crippen LogP contribution in [0.25, 0.3) is 0 Å². The van der Waals surface area contributed by atoms with Crippen molar-refractivity contribution in [2.24, 2.45) is 5.41 Å². The molecule has 148 valence electrons. The van der Waals surface area contributed by atoms with E-state index in [0.29, 0.717) is 19.5 Å². The van der Waals surface area contributed by atoms with Gasteiger partial charge >= 0.3 is 12.2 Å². The van der Waals surface area contributed by atoms with Crippen LogP contribution in [0.1, 0.15) is 32.8 Å². The van der Waals surface area contributed by atoms with Gasteiger partial charge in [-0.1, -0.05) is 51.1 Å². The summed E-state index contributed by atoms with van der Waals surface area (Å²) in [6, 6.07) is 8.21. The third-order valence-electron chi connectivity index (χ3n) is 4.42. The van der Waals surface area contributed by atoms with E-state index in [0.717, 1.165) is 5.56 Å². The monoisotopic (exact) mass is 377 g/mol. The van der Waals surface area contributed by atoms with Crippen molar-refractivity contribution < 1.29 is 24.2 Å². The molecule has 1 fully saturated rings. The molecule has 0 spiro atoms. The van der Waals surface area contributed by atoms with Crippen LogP contribution in [0.3, 0.4) is 0 Å². The maximum Gasteiger partial charge on any atom is 0.408 e. The highest BCUT2D eigenvalue weighted by molar-refractivity contribution is 5.86. The van der Waals surface area contributed by atoms with E-state index in [4.69, 9.17) is 9.84 Å². The molecule has 3 amide bonds. The fraction of sp³-hybridized carbons (Fsp3) is 0.526. The van der Waals surface area contributed by atoms with Gasteiger partial charge in [0.25, 0.3) is 0 Å². The summed E-state index contributed by atoms with van der Waals surface area (Å²) in [4.78, 5) is 37.5. The number of nitrogens with zero attached hydrogens (tertiary/aromatic N) is 1. The highest BCUT2D eigenvalue weighted by Gasteiger charge is 2.38. The zero-order valence-corrected chi connectivity index (χ0v) is 15.9. The normalized spacial score (nSPS) is 17.9. The van der Waals surface area contributed by atoms with Crippen molar-refractivity contribution in [3.63, 3.8) is 0 Å². The van der Waals surface area contributed by atoms with Gasteiger partial charge in [-0.15, -0.1) is 0 Å². The van der Waals surface area contributed by atoms with E-state index >= 15 is 0 Å². The van der Waals surface area contributed by atoms with Crippen LogP contribution in [-0.2, 0) is 16.1 Å². The number of likely N-dealkylation sites (tertiary alicyclic amines) is 1. The highest BCUT2D eigenvalue weighted by Crippen LogP contribution is 2.23. The molecule has 0 radical (unpaired) electrons. The Morgan fingerprint density at radius 2 is 1.93 bits per heavy atom. The summed E-state index contributed by atoms with van der Waals surface area (Å²) in [6.45, 7) is 6.42. The van der Waals surface area contributed by atoms with E-state index in [9.17, 15) is 14.4 Å². The number of amides is 3. The van der Waals surface area contributed by atoms with E-state index in [1.54, 1.807) is 4.90 Å². The number of rotatable bonds is 5. The topological polar surface area (TPSA) is 108 Å². The number of benzene rings is 1. The van der Waals surface area contributed by atoms with Crippen LogP contribution < -0.4 is 10.6 Å². The Hall–Kier alpha value is -2.77. The van der Waals surface area contributed by atoms with Crippen molar-refractivity contribution >= 4 is 18.1 Å². The zero-order chi connectivity index (χ0) is 20.0. The lowest BCUT2D eigenvalue weighted by Crippen LogP contribution is -2.54. The number of carbonyl (C=O) groups is 3. The summed E-state index contributed by atoms with van der Waals surface area (Å²) in [6.07, 6.45) is -1.22. The number of carbonyl (C=O) groups excluding carboxylic acids is 2. The van der Waals surface area contributed by atoms with Gasteiger partial charge in [-0.05, 0) is 17.4 Å². The molecule has 0 bridgehead atoms. The molecule has 8 nitrogen and oxygen atoms in total. The average Bonchev–Trinajstić information content (AvgIpc) is 3.05. The molecule has 0 aromatic heterocycles. The first kappa shape index (κ1) is 20.5. The van der Waals surface area contributed by atoms with E-state index in [2.05, 4.69) is 10.6 Å². The van der Waals surface area contributed by atoms with Crippen LogP contribution >= 0.6 is 0 Å². The SMILES string of the molecule is CC(C)(C)[C@H](NC(=O)OCc1ccccc1)C(=O)N1CCC(NC(=O)O)C1. The predicted octanol–water partition coefficient (Wildman–Crippen LogP) is 2.20. The van der Waals surface area contributed by atoms with E-state index in [-0.39, 0.29) is 18.6 Å². The minimum absolute atomic E-state index is 0.117. The summed E-state index contributed by atoms with van der Waals surface area (Å²) >= 11 is 0. The second-order valence-corrected chi connectivity index (χ2v) is 7.72. The minimum atomic E-state index is -1.11. The van der Waals surface area contributed by atoms with Gasteiger partial charge in [0.2, 0.25) is 5.91 Å². The molecule has 0 aliphatic carbocycles. The Bertz CT molecular complexity index is 672. The molecule has 8 heteroatoms. The Kier molecular flexibility index (Phi) is 6.65. The summed E-state index contributed by atoms with van der Waals surface area (Å²) in [5, 5.41) is 13.9. The number of hydrogen-bond acceptors (Lipinski definition) is 4. The first-order valence-electron chi connectivity index (χ1n) is 8.92. The van der Waals surface area contributed by atoms with Gasteiger partial charge in [0.05, 0.1) is 6.04 Å². The van der Waals surface area contributed by atoms with Gasteiger partial charge in [-0.3, -0.25) is 4.79 Å². The van der Waals surface area contributed by atoms with Gasteiger partial charge in [0.15, 0.2) is 0 Å². The lowest BCUT2D eigenvalue weighted by molar-refractivity contribution is -0.135. The maximum absolute atomic E-state index is 12.9. The molecule has 1 aliphatic heterocycles. The molecule has 0 saturated carbocycles. The molecule has 3 N–H and O–H groups in total. The molecular weight excluding hydrogens is 350 g/mol. The maximum atomic E-state index is 12.9. The molecule has 1 aromatic carbocycles. The zero-order valence-electron chi connectivity index (χ0n) is 15.9. The molecule has 1 heterocycles. The van der Waals surface area contributed by atoms with Crippen LogP contribution in [0, 0.1) is 5.41 Å². The summed E-state index contributed by atoms with van der Waals surface area (Å²) in [5.41, 5.74) is 0.328. The minimum Gasteiger partial charge on any atom is -0.465 e. The van der Waals surface area contributed by atoms with Crippen LogP contribution in [0.5, 0.6) is 0 Å². The Morgan fingerprint density at radius 1 is 1.26 bits per heavy atom. The third-order valence-corrected chi connectivity index (χ3v) is 4.42. The van der Waals surface area contributed by atoms with E-state index < -0.39 is 23.6 Å². The highest BCUT2D eigenvalue weighted by atomic mass is 16.5. The van der Waals surface area contributed by atoms with Gasteiger partial charge < -0.3 is 25.4 Å². The van der Waals surface area contributed by atoms with Crippen LogP contribution in [-0.4, -0.2) is 53.3 Å². The van der Waals surface area contributed by atoms with E-state index in [1.165, 1.54) is 0 Å². The van der Waals surface area contributed by atoms with Crippen LogP contribution in [0.2, 0.25) is 0 Å². The van der Waals surface area contributed by atoms with Gasteiger partial charge in [-0.25, -0.2) is 9.59 Å². The van der Waals surface area contributed by atoms with Crippen molar-refractivity contribution in [2.75, 3.05) is 13.1 Å². The van der Waals surface area contributed by atoms with Crippen molar-refractivity contribution in [1.82, 2.24) is 15.5 Å². The van der Waals surface area contributed by atoms with Gasteiger partial charge in [0, 0.05) is 13.1 Å². The summed E-state index contributed by atoms with van der Waals surface area (Å²) in [5.74, 6) is -0.242. The fourth-order valence-corrected chi connectivity index (χ4v) is 2.97. The van der Waals surface area contributed by atoms with Crippen molar-refractivity contribution in [2.45, 2.75) is 45.9 Å². The second-order valence-electron chi connectivity index (χ2n) is 7.72. The molecule has 2 rings (SSSR count). The predicted molar refractivity (Wildman–Crippen MR) is 99.2 cm³/mol. The Morgan fingerprint density at radius 3 is 2.52 bits per heavy atom. The second kappa shape index (κ2) is 8.75. The number of nitrogens with one attached hydrogen (secondary N) is 2. The fourth-order valence-electron chi connectivity index (χ4n) is 2.97. The first-order valence-corrected chi connectivity index (χ1v) is 8.92. The molecule has 2 atom stereocenters. The molecule has 1 saturated heterocycles. The number of carboxylic acid groups (broad SMARTS) is 1. The lowest BCUT2D eigenvalue weighted by Gasteiger charge is -2.33. The summed E-state index contributed by atoms with van der Waals surface area (Å²) in [7, 11) is 0. The molecular formula is C19H27N3O5. The quantitative estimate of drug-likeness (QED) is 0.729. The lowest BCUT2D eigenvalue weighted by atomic mass is 9.86. The van der Waals surface area contributed by atoms with Crippen molar-refractivity contribution in [3.8, 4) is 0 Å². The van der Waals surface area contributed by atoms with Gasteiger partial charge in [0.1, 0.15) is 12.6 Å². The molecule has 1 unspecified atom stereocenters. The number of ether oxygens (including phenoxy) is 1. The van der Waals surface area contributed by atoms with Crippen LogP contribution in [0.15, 0.2) is 30.3 Å². The molecule has 1 aliphatic rings. The van der Waals surface area contributed by atoms with Crippen molar-refractivity contribution in [1.29, 1.82) is 0 Å². The molecule has 27 heavy (non-hydrogen) atoms. The largest absolute Gasteiger partial charge is 0.465 e. The number of hydrogen-bond donors (Lipinski definition) is 3. The first-order chi connectivity index (χ1) is 12.7. The van der Waals surface area contributed by atoms with E-state index in [1.807, 2.05) is 51.1 Å². The molecule has 1 aromatic rings. The Labute approximate surface area is 158 Å². The standard InChI is InChI=1S/C19H27N3O5/c1-19(2,3)15(16(23)22-10-9-14(11-22)20-17(24)25)21-18(26)27-12-13-7-5-4-6-8-13/h4-8,14-15,20H,9-12H2,1-3H3,(H,21,26)(H,24,25)/t14?,15-/m1/s1. The van der Waals surface area contributed by atoms with Crippen LogP contribution in [0.4, 0.5) is 9.59 Å². The smallest absolute Gasteiger partial charge is 0.408 e. The third kappa shape index (κ3) is 6.16. The van der Waals surface area contributed by atoms with Gasteiger partial charge in [-0.2, -0.15) is 0 Å². The number of alkyl carbamates (subject to hydrolysis) is 1. The summed E-state index contributed by atoms with van der Waals surface area (Å²) < 4.78 is 5.23.